The van der Waals surface area contributed by atoms with Crippen molar-refractivity contribution in [3.63, 3.8) is 0 Å². The van der Waals surface area contributed by atoms with Crippen molar-refractivity contribution in [2.75, 3.05) is 31.1 Å². The molecule has 2 heterocycles. The van der Waals surface area contributed by atoms with Gasteiger partial charge >= 0.3 is 0 Å². The Morgan fingerprint density at radius 3 is 3.11 bits per heavy atom. The molecule has 3 heteroatoms. The SMILES string of the molecule is CC1Cc2c(cccc2N2CCCNCC2)CN1. The highest BCUT2D eigenvalue weighted by molar-refractivity contribution is 5.58. The molecular formula is C15H23N3. The van der Waals surface area contributed by atoms with Gasteiger partial charge in [0.2, 0.25) is 0 Å². The Kier molecular flexibility index (Phi) is 3.52. The van der Waals surface area contributed by atoms with Gasteiger partial charge in [-0.3, -0.25) is 0 Å². The van der Waals surface area contributed by atoms with Crippen LogP contribution in [0.1, 0.15) is 24.5 Å². The molecule has 0 saturated carbocycles. The molecule has 18 heavy (non-hydrogen) atoms. The number of nitrogens with zero attached hydrogens (tertiary/aromatic N) is 1. The summed E-state index contributed by atoms with van der Waals surface area (Å²) >= 11 is 0. The molecule has 98 valence electrons. The van der Waals surface area contributed by atoms with Crippen LogP contribution in [0, 0.1) is 0 Å². The zero-order chi connectivity index (χ0) is 12.4. The molecule has 2 aliphatic rings. The molecule has 1 saturated heterocycles. The molecule has 3 rings (SSSR count). The minimum Gasteiger partial charge on any atom is -0.370 e. The highest BCUT2D eigenvalue weighted by Crippen LogP contribution is 2.28. The van der Waals surface area contributed by atoms with Gasteiger partial charge in [0, 0.05) is 37.9 Å². The second kappa shape index (κ2) is 5.29. The smallest absolute Gasteiger partial charge is 0.0403 e. The van der Waals surface area contributed by atoms with E-state index in [-0.39, 0.29) is 0 Å². The van der Waals surface area contributed by atoms with Gasteiger partial charge in [-0.25, -0.2) is 0 Å². The van der Waals surface area contributed by atoms with Gasteiger partial charge in [-0.1, -0.05) is 12.1 Å². The fourth-order valence-electron chi connectivity index (χ4n) is 3.07. The summed E-state index contributed by atoms with van der Waals surface area (Å²) in [6.07, 6.45) is 2.41. The predicted molar refractivity (Wildman–Crippen MR) is 76.1 cm³/mol. The fraction of sp³-hybridized carbons (Fsp3) is 0.600. The van der Waals surface area contributed by atoms with Crippen LogP contribution in [0.2, 0.25) is 0 Å². The van der Waals surface area contributed by atoms with Crippen LogP contribution in [-0.4, -0.2) is 32.2 Å². The van der Waals surface area contributed by atoms with E-state index in [9.17, 15) is 0 Å². The molecule has 0 radical (unpaired) electrons. The third-order valence-electron chi connectivity index (χ3n) is 4.08. The highest BCUT2D eigenvalue weighted by atomic mass is 15.2. The van der Waals surface area contributed by atoms with Crippen LogP contribution in [-0.2, 0) is 13.0 Å². The Balaban J connectivity index is 1.91. The largest absolute Gasteiger partial charge is 0.370 e. The van der Waals surface area contributed by atoms with Gasteiger partial charge in [0.05, 0.1) is 0 Å². The molecule has 2 aliphatic heterocycles. The lowest BCUT2D eigenvalue weighted by atomic mass is 9.94. The Hall–Kier alpha value is -1.06. The summed E-state index contributed by atoms with van der Waals surface area (Å²) in [4.78, 5) is 2.57. The average molecular weight is 245 g/mol. The number of hydrogen-bond donors (Lipinski definition) is 2. The van der Waals surface area contributed by atoms with Gasteiger partial charge < -0.3 is 15.5 Å². The topological polar surface area (TPSA) is 27.3 Å². The van der Waals surface area contributed by atoms with Crippen molar-refractivity contribution in [2.24, 2.45) is 0 Å². The standard InChI is InChI=1S/C15H23N3/c1-12-10-14-13(11-17-12)4-2-5-15(14)18-8-3-6-16-7-9-18/h2,4-5,12,16-17H,3,6-11H2,1H3. The lowest BCUT2D eigenvalue weighted by Gasteiger charge is -2.31. The number of anilines is 1. The summed E-state index contributed by atoms with van der Waals surface area (Å²) in [5.41, 5.74) is 4.54. The summed E-state index contributed by atoms with van der Waals surface area (Å²) in [5.74, 6) is 0. The monoisotopic (exact) mass is 245 g/mol. The Morgan fingerprint density at radius 2 is 2.17 bits per heavy atom. The van der Waals surface area contributed by atoms with Gasteiger partial charge in [-0.15, -0.1) is 0 Å². The second-order valence-electron chi connectivity index (χ2n) is 5.49. The molecule has 0 spiro atoms. The van der Waals surface area contributed by atoms with Gasteiger partial charge in [0.25, 0.3) is 0 Å². The van der Waals surface area contributed by atoms with Crippen molar-refractivity contribution in [1.29, 1.82) is 0 Å². The summed E-state index contributed by atoms with van der Waals surface area (Å²) in [5, 5.41) is 7.03. The molecular weight excluding hydrogens is 222 g/mol. The molecule has 3 nitrogen and oxygen atoms in total. The average Bonchev–Trinajstić information content (AvgIpc) is 2.67. The maximum atomic E-state index is 3.55. The van der Waals surface area contributed by atoms with E-state index in [1.807, 2.05) is 0 Å². The Morgan fingerprint density at radius 1 is 1.22 bits per heavy atom. The predicted octanol–water partition coefficient (Wildman–Crippen LogP) is 1.52. The van der Waals surface area contributed by atoms with E-state index in [4.69, 9.17) is 0 Å². The number of hydrogen-bond acceptors (Lipinski definition) is 3. The van der Waals surface area contributed by atoms with Crippen LogP contribution in [0.5, 0.6) is 0 Å². The van der Waals surface area contributed by atoms with E-state index in [0.29, 0.717) is 6.04 Å². The normalized spacial score (nSPS) is 24.5. The molecule has 1 unspecified atom stereocenters. The fourth-order valence-corrected chi connectivity index (χ4v) is 3.07. The van der Waals surface area contributed by atoms with Crippen LogP contribution < -0.4 is 15.5 Å². The molecule has 1 fully saturated rings. The van der Waals surface area contributed by atoms with E-state index >= 15 is 0 Å². The Bertz CT molecular complexity index is 408. The van der Waals surface area contributed by atoms with Crippen molar-refractivity contribution in [3.8, 4) is 0 Å². The number of benzene rings is 1. The van der Waals surface area contributed by atoms with Crippen LogP contribution in [0.25, 0.3) is 0 Å². The highest BCUT2D eigenvalue weighted by Gasteiger charge is 2.20. The molecule has 1 atom stereocenters. The molecule has 1 aromatic carbocycles. The van der Waals surface area contributed by atoms with E-state index in [0.717, 1.165) is 32.6 Å². The minimum absolute atomic E-state index is 0.601. The van der Waals surface area contributed by atoms with E-state index in [2.05, 4.69) is 40.7 Å². The van der Waals surface area contributed by atoms with Crippen LogP contribution in [0.15, 0.2) is 18.2 Å². The van der Waals surface area contributed by atoms with E-state index < -0.39 is 0 Å². The van der Waals surface area contributed by atoms with Crippen molar-refractivity contribution >= 4 is 5.69 Å². The third kappa shape index (κ3) is 2.38. The van der Waals surface area contributed by atoms with Crippen molar-refractivity contribution in [3.05, 3.63) is 29.3 Å². The van der Waals surface area contributed by atoms with Crippen molar-refractivity contribution in [1.82, 2.24) is 10.6 Å². The van der Waals surface area contributed by atoms with Crippen molar-refractivity contribution < 1.29 is 0 Å². The summed E-state index contributed by atoms with van der Waals surface area (Å²) in [6, 6.07) is 7.39. The van der Waals surface area contributed by atoms with E-state index in [1.165, 1.54) is 24.2 Å². The second-order valence-corrected chi connectivity index (χ2v) is 5.49. The van der Waals surface area contributed by atoms with Gasteiger partial charge in [-0.05, 0) is 43.5 Å². The first kappa shape index (κ1) is 12.0. The zero-order valence-corrected chi connectivity index (χ0v) is 11.2. The van der Waals surface area contributed by atoms with Crippen LogP contribution in [0.4, 0.5) is 5.69 Å². The van der Waals surface area contributed by atoms with Gasteiger partial charge in [-0.2, -0.15) is 0 Å². The summed E-state index contributed by atoms with van der Waals surface area (Å²) in [7, 11) is 0. The van der Waals surface area contributed by atoms with Gasteiger partial charge in [0.1, 0.15) is 0 Å². The first-order chi connectivity index (χ1) is 8.84. The number of fused-ring (bicyclic) bond motifs is 1. The van der Waals surface area contributed by atoms with Crippen LogP contribution >= 0.6 is 0 Å². The zero-order valence-electron chi connectivity index (χ0n) is 11.2. The quantitative estimate of drug-likeness (QED) is 0.785. The summed E-state index contributed by atoms with van der Waals surface area (Å²) in [6.45, 7) is 7.89. The van der Waals surface area contributed by atoms with Gasteiger partial charge in [0.15, 0.2) is 0 Å². The number of nitrogens with one attached hydrogen (secondary N) is 2. The molecule has 0 aromatic heterocycles. The lowest BCUT2D eigenvalue weighted by molar-refractivity contribution is 0.513. The first-order valence-corrected chi connectivity index (χ1v) is 7.14. The molecule has 1 aromatic rings. The lowest BCUT2D eigenvalue weighted by Crippen LogP contribution is -2.35. The third-order valence-corrected chi connectivity index (χ3v) is 4.08. The summed E-state index contributed by atoms with van der Waals surface area (Å²) < 4.78 is 0. The minimum atomic E-state index is 0.601. The molecule has 0 bridgehead atoms. The Labute approximate surface area is 110 Å². The maximum absolute atomic E-state index is 3.55. The maximum Gasteiger partial charge on any atom is 0.0403 e. The van der Waals surface area contributed by atoms with Crippen molar-refractivity contribution in [2.45, 2.75) is 32.4 Å². The molecule has 0 aliphatic carbocycles. The first-order valence-electron chi connectivity index (χ1n) is 7.14. The number of rotatable bonds is 1. The van der Waals surface area contributed by atoms with Crippen LogP contribution in [0.3, 0.4) is 0 Å². The molecule has 2 N–H and O–H groups in total. The molecule has 0 amide bonds. The van der Waals surface area contributed by atoms with E-state index in [1.54, 1.807) is 5.56 Å².